The number of hydrogen-bond acceptors (Lipinski definition) is 3. The average Bonchev–Trinajstić information content (AvgIpc) is 2.86. The van der Waals surface area contributed by atoms with Crippen molar-refractivity contribution >= 4 is 12.0 Å². The van der Waals surface area contributed by atoms with Crippen molar-refractivity contribution in [2.24, 2.45) is 11.8 Å². The first-order valence-electron chi connectivity index (χ1n) is 7.36. The van der Waals surface area contributed by atoms with Gasteiger partial charge < -0.3 is 19.6 Å². The van der Waals surface area contributed by atoms with Gasteiger partial charge in [0.1, 0.15) is 0 Å². The Morgan fingerprint density at radius 2 is 1.95 bits per heavy atom. The van der Waals surface area contributed by atoms with E-state index in [-0.39, 0.29) is 18.4 Å². The largest absolute Gasteiger partial charge is 0.481 e. The number of ether oxygens (including phenoxy) is 1. The molecule has 0 aromatic carbocycles. The molecule has 1 atom stereocenters. The second kappa shape index (κ2) is 6.92. The van der Waals surface area contributed by atoms with Crippen molar-refractivity contribution in [1.82, 2.24) is 9.80 Å². The van der Waals surface area contributed by atoms with Gasteiger partial charge in [0.25, 0.3) is 0 Å². The predicted octanol–water partition coefficient (Wildman–Crippen LogP) is 1.26. The standard InChI is InChI=1S/C14H24N2O4/c1-15(9-11-3-6-20-7-4-11)14(19)16-5-2-12(10-16)8-13(17)18/h11-12H,2-10H2,1H3,(H,17,18). The summed E-state index contributed by atoms with van der Waals surface area (Å²) in [6.45, 7) is 3.59. The summed E-state index contributed by atoms with van der Waals surface area (Å²) < 4.78 is 5.32. The molecule has 0 bridgehead atoms. The first-order chi connectivity index (χ1) is 9.56. The fraction of sp³-hybridized carbons (Fsp3) is 0.857. The van der Waals surface area contributed by atoms with Gasteiger partial charge in [-0.05, 0) is 31.1 Å². The number of amides is 2. The van der Waals surface area contributed by atoms with Crippen molar-refractivity contribution in [3.05, 3.63) is 0 Å². The van der Waals surface area contributed by atoms with Crippen LogP contribution in [0, 0.1) is 11.8 Å². The van der Waals surface area contributed by atoms with Gasteiger partial charge in [-0.25, -0.2) is 4.79 Å². The quantitative estimate of drug-likeness (QED) is 0.844. The van der Waals surface area contributed by atoms with Crippen LogP contribution < -0.4 is 0 Å². The molecule has 2 heterocycles. The number of hydrogen-bond donors (Lipinski definition) is 1. The molecule has 6 nitrogen and oxygen atoms in total. The molecule has 114 valence electrons. The van der Waals surface area contributed by atoms with Crippen LogP contribution in [-0.4, -0.2) is 66.8 Å². The van der Waals surface area contributed by atoms with Crippen LogP contribution >= 0.6 is 0 Å². The highest BCUT2D eigenvalue weighted by Gasteiger charge is 2.30. The number of nitrogens with zero attached hydrogens (tertiary/aromatic N) is 2. The second-order valence-electron chi connectivity index (χ2n) is 5.92. The molecular formula is C14H24N2O4. The molecule has 0 saturated carbocycles. The molecule has 2 aliphatic rings. The maximum atomic E-state index is 12.3. The topological polar surface area (TPSA) is 70.1 Å². The maximum Gasteiger partial charge on any atom is 0.319 e. The molecule has 1 unspecified atom stereocenters. The zero-order valence-corrected chi connectivity index (χ0v) is 12.1. The van der Waals surface area contributed by atoms with E-state index < -0.39 is 5.97 Å². The highest BCUT2D eigenvalue weighted by molar-refractivity contribution is 5.74. The smallest absolute Gasteiger partial charge is 0.319 e. The Morgan fingerprint density at radius 1 is 1.25 bits per heavy atom. The lowest BCUT2D eigenvalue weighted by Crippen LogP contribution is -2.42. The van der Waals surface area contributed by atoms with Gasteiger partial charge in [-0.3, -0.25) is 4.79 Å². The zero-order valence-electron chi connectivity index (χ0n) is 12.1. The van der Waals surface area contributed by atoms with Gasteiger partial charge in [0, 0.05) is 46.3 Å². The third kappa shape index (κ3) is 4.10. The molecule has 20 heavy (non-hydrogen) atoms. The van der Waals surface area contributed by atoms with Crippen molar-refractivity contribution in [2.45, 2.75) is 25.7 Å². The number of carbonyl (C=O) groups excluding carboxylic acids is 1. The van der Waals surface area contributed by atoms with E-state index in [0.717, 1.165) is 39.0 Å². The highest BCUT2D eigenvalue weighted by Crippen LogP contribution is 2.22. The maximum absolute atomic E-state index is 12.3. The summed E-state index contributed by atoms with van der Waals surface area (Å²) in [5.41, 5.74) is 0. The third-order valence-electron chi connectivity index (χ3n) is 4.22. The van der Waals surface area contributed by atoms with Crippen molar-refractivity contribution < 1.29 is 19.4 Å². The predicted molar refractivity (Wildman–Crippen MR) is 73.5 cm³/mol. The Bertz CT molecular complexity index is 355. The van der Waals surface area contributed by atoms with Crippen molar-refractivity contribution in [1.29, 1.82) is 0 Å². The molecule has 2 fully saturated rings. The van der Waals surface area contributed by atoms with Crippen LogP contribution in [0.5, 0.6) is 0 Å². The summed E-state index contributed by atoms with van der Waals surface area (Å²) in [6.07, 6.45) is 2.98. The minimum Gasteiger partial charge on any atom is -0.481 e. The van der Waals surface area contributed by atoms with Crippen LogP contribution in [0.4, 0.5) is 4.79 Å². The lowest BCUT2D eigenvalue weighted by atomic mass is 10.00. The molecule has 0 aliphatic carbocycles. The van der Waals surface area contributed by atoms with E-state index in [1.54, 1.807) is 9.80 Å². The van der Waals surface area contributed by atoms with E-state index in [9.17, 15) is 9.59 Å². The van der Waals surface area contributed by atoms with Gasteiger partial charge in [0.05, 0.1) is 0 Å². The molecule has 0 radical (unpaired) electrons. The van der Waals surface area contributed by atoms with Crippen LogP contribution in [0.3, 0.4) is 0 Å². The Morgan fingerprint density at radius 3 is 2.60 bits per heavy atom. The number of carboxylic acids is 1. The van der Waals surface area contributed by atoms with Gasteiger partial charge in [0.2, 0.25) is 0 Å². The SMILES string of the molecule is CN(CC1CCOCC1)C(=O)N1CCC(CC(=O)O)C1. The van der Waals surface area contributed by atoms with E-state index in [1.807, 2.05) is 7.05 Å². The number of carboxylic acid groups (broad SMARTS) is 1. The molecule has 2 aliphatic heterocycles. The van der Waals surface area contributed by atoms with Gasteiger partial charge in [-0.15, -0.1) is 0 Å². The van der Waals surface area contributed by atoms with Gasteiger partial charge in [-0.2, -0.15) is 0 Å². The van der Waals surface area contributed by atoms with Gasteiger partial charge >= 0.3 is 12.0 Å². The van der Waals surface area contributed by atoms with E-state index in [0.29, 0.717) is 19.0 Å². The van der Waals surface area contributed by atoms with Crippen LogP contribution in [0.1, 0.15) is 25.7 Å². The summed E-state index contributed by atoms with van der Waals surface area (Å²) in [6, 6.07) is 0.0318. The molecule has 2 rings (SSSR count). The molecule has 6 heteroatoms. The fourth-order valence-electron chi connectivity index (χ4n) is 3.06. The number of rotatable bonds is 4. The van der Waals surface area contributed by atoms with E-state index in [4.69, 9.17) is 9.84 Å². The Hall–Kier alpha value is -1.30. The monoisotopic (exact) mass is 284 g/mol. The average molecular weight is 284 g/mol. The van der Waals surface area contributed by atoms with Crippen molar-refractivity contribution in [2.75, 3.05) is 39.9 Å². The first-order valence-corrected chi connectivity index (χ1v) is 7.36. The van der Waals surface area contributed by atoms with Crippen LogP contribution in [0.15, 0.2) is 0 Å². The first kappa shape index (κ1) is 15.1. The minimum atomic E-state index is -0.778. The number of likely N-dealkylation sites (tertiary alicyclic amines) is 1. The fourth-order valence-corrected chi connectivity index (χ4v) is 3.06. The van der Waals surface area contributed by atoms with E-state index >= 15 is 0 Å². The van der Waals surface area contributed by atoms with Gasteiger partial charge in [0.15, 0.2) is 0 Å². The second-order valence-corrected chi connectivity index (χ2v) is 5.92. The van der Waals surface area contributed by atoms with Crippen LogP contribution in [0.25, 0.3) is 0 Å². The highest BCUT2D eigenvalue weighted by atomic mass is 16.5. The molecule has 0 spiro atoms. The molecular weight excluding hydrogens is 260 g/mol. The Labute approximate surface area is 119 Å². The Kier molecular flexibility index (Phi) is 5.23. The summed E-state index contributed by atoms with van der Waals surface area (Å²) in [5, 5.41) is 8.80. The summed E-state index contributed by atoms with van der Waals surface area (Å²) in [7, 11) is 1.84. The number of aliphatic carboxylic acids is 1. The van der Waals surface area contributed by atoms with Crippen LogP contribution in [0.2, 0.25) is 0 Å². The summed E-state index contributed by atoms with van der Waals surface area (Å²) >= 11 is 0. The molecule has 0 aromatic heterocycles. The zero-order chi connectivity index (χ0) is 14.5. The lowest BCUT2D eigenvalue weighted by molar-refractivity contribution is -0.138. The molecule has 1 N–H and O–H groups in total. The normalized spacial score (nSPS) is 23.9. The summed E-state index contributed by atoms with van der Waals surface area (Å²) in [4.78, 5) is 26.6. The van der Waals surface area contributed by atoms with Crippen LogP contribution in [-0.2, 0) is 9.53 Å². The molecule has 2 amide bonds. The number of urea groups is 1. The van der Waals surface area contributed by atoms with Gasteiger partial charge in [-0.1, -0.05) is 0 Å². The molecule has 2 saturated heterocycles. The van der Waals surface area contributed by atoms with Crippen molar-refractivity contribution in [3.63, 3.8) is 0 Å². The molecule has 0 aromatic rings. The van der Waals surface area contributed by atoms with Crippen molar-refractivity contribution in [3.8, 4) is 0 Å². The Balaban J connectivity index is 1.77. The summed E-state index contributed by atoms with van der Waals surface area (Å²) in [5.74, 6) is -0.150. The lowest BCUT2D eigenvalue weighted by Gasteiger charge is -2.30. The minimum absolute atomic E-state index is 0.0318. The van der Waals surface area contributed by atoms with E-state index in [1.165, 1.54) is 0 Å². The number of carbonyl (C=O) groups is 2. The van der Waals surface area contributed by atoms with E-state index in [2.05, 4.69) is 0 Å². The third-order valence-corrected chi connectivity index (χ3v) is 4.22.